The minimum absolute atomic E-state index is 0.00964. The molecule has 0 saturated carbocycles. The number of anilines is 3. The summed E-state index contributed by atoms with van der Waals surface area (Å²) in [4.78, 5) is 8.64. The van der Waals surface area contributed by atoms with Crippen LogP contribution in [0.4, 0.5) is 29.9 Å². The third-order valence-corrected chi connectivity index (χ3v) is 4.74. The lowest BCUT2D eigenvalue weighted by atomic mass is 10.1. The van der Waals surface area contributed by atoms with Gasteiger partial charge in [-0.25, -0.2) is 4.98 Å². The lowest BCUT2D eigenvalue weighted by molar-refractivity contribution is -0.137. The van der Waals surface area contributed by atoms with Crippen LogP contribution in [0.15, 0.2) is 6.20 Å². The fourth-order valence-corrected chi connectivity index (χ4v) is 3.64. The van der Waals surface area contributed by atoms with Crippen LogP contribution >= 0.6 is 11.3 Å². The van der Waals surface area contributed by atoms with Crippen LogP contribution in [-0.2, 0) is 19.1 Å². The molecule has 24 heavy (non-hydrogen) atoms. The van der Waals surface area contributed by atoms with E-state index in [0.717, 1.165) is 29.6 Å². The summed E-state index contributed by atoms with van der Waals surface area (Å²) in [6.07, 6.45) is -3.07. The van der Waals surface area contributed by atoms with Gasteiger partial charge in [0.1, 0.15) is 22.5 Å². The normalized spacial score (nSPS) is 14.0. The Kier molecular flexibility index (Phi) is 4.29. The minimum Gasteiger partial charge on any atom is -0.372 e. The molecule has 126 valence electrons. The Labute approximate surface area is 139 Å². The highest BCUT2D eigenvalue weighted by molar-refractivity contribution is 7.16. The molecule has 2 aromatic heterocycles. The second-order valence-electron chi connectivity index (χ2n) is 5.08. The van der Waals surface area contributed by atoms with Crippen molar-refractivity contribution in [1.82, 2.24) is 15.3 Å². The molecule has 0 unspecified atom stereocenters. The molecular weight excluding hydrogens is 341 g/mol. The second kappa shape index (κ2) is 6.26. The summed E-state index contributed by atoms with van der Waals surface area (Å²) in [6.45, 7) is 1.46. The predicted octanol–water partition coefficient (Wildman–Crippen LogP) is 2.86. The molecule has 0 spiro atoms. The quantitative estimate of drug-likeness (QED) is 0.786. The van der Waals surface area contributed by atoms with Gasteiger partial charge in [0.25, 0.3) is 0 Å². The molecule has 3 heterocycles. The molecule has 1 aliphatic heterocycles. The fourth-order valence-electron chi connectivity index (χ4n) is 2.48. The number of nitriles is 1. The highest BCUT2D eigenvalue weighted by Gasteiger charge is 2.35. The Morgan fingerprint density at radius 3 is 2.88 bits per heavy atom. The Bertz CT molecular complexity index is 808. The number of hydrogen-bond acceptors (Lipinski definition) is 7. The SMILES string of the molecule is CNc1nc(Nc2sc3c(c2C#N)CCNC3)ncc1C(F)(F)F. The summed E-state index contributed by atoms with van der Waals surface area (Å²) in [5, 5.41) is 18.5. The monoisotopic (exact) mass is 354 g/mol. The van der Waals surface area contributed by atoms with Crippen LogP contribution in [0.25, 0.3) is 0 Å². The van der Waals surface area contributed by atoms with E-state index < -0.39 is 11.7 Å². The van der Waals surface area contributed by atoms with Crippen LogP contribution in [0.1, 0.15) is 21.6 Å². The maximum Gasteiger partial charge on any atom is 0.421 e. The van der Waals surface area contributed by atoms with Crippen molar-refractivity contribution in [2.24, 2.45) is 0 Å². The summed E-state index contributed by atoms with van der Waals surface area (Å²) in [5.41, 5.74) is 0.543. The van der Waals surface area contributed by atoms with E-state index in [1.165, 1.54) is 18.4 Å². The summed E-state index contributed by atoms with van der Waals surface area (Å²) < 4.78 is 38.6. The Morgan fingerprint density at radius 2 is 2.21 bits per heavy atom. The first kappa shape index (κ1) is 16.5. The number of fused-ring (bicyclic) bond motifs is 1. The minimum atomic E-state index is -4.54. The van der Waals surface area contributed by atoms with Crippen molar-refractivity contribution in [3.05, 3.63) is 27.8 Å². The number of nitrogens with zero attached hydrogens (tertiary/aromatic N) is 3. The van der Waals surface area contributed by atoms with Gasteiger partial charge < -0.3 is 16.0 Å². The van der Waals surface area contributed by atoms with Gasteiger partial charge in [-0.1, -0.05) is 0 Å². The molecule has 6 nitrogen and oxygen atoms in total. The van der Waals surface area contributed by atoms with Crippen LogP contribution < -0.4 is 16.0 Å². The summed E-state index contributed by atoms with van der Waals surface area (Å²) in [7, 11) is 1.36. The Morgan fingerprint density at radius 1 is 1.42 bits per heavy atom. The second-order valence-corrected chi connectivity index (χ2v) is 6.18. The van der Waals surface area contributed by atoms with Crippen molar-refractivity contribution in [3.8, 4) is 6.07 Å². The summed E-state index contributed by atoms with van der Waals surface area (Å²) >= 11 is 1.39. The molecule has 0 aliphatic carbocycles. The lowest BCUT2D eigenvalue weighted by Crippen LogP contribution is -2.22. The van der Waals surface area contributed by atoms with Crippen LogP contribution in [0.5, 0.6) is 0 Å². The molecule has 0 radical (unpaired) electrons. The van der Waals surface area contributed by atoms with Crippen LogP contribution in [0.3, 0.4) is 0 Å². The van der Waals surface area contributed by atoms with Gasteiger partial charge in [-0.05, 0) is 18.5 Å². The zero-order valence-corrected chi connectivity index (χ0v) is 13.4. The third kappa shape index (κ3) is 3.00. The molecule has 2 aromatic rings. The van der Waals surface area contributed by atoms with Crippen LogP contribution in [0, 0.1) is 11.3 Å². The van der Waals surface area contributed by atoms with Crippen molar-refractivity contribution in [3.63, 3.8) is 0 Å². The van der Waals surface area contributed by atoms with Crippen molar-refractivity contribution in [2.45, 2.75) is 19.1 Å². The molecule has 10 heteroatoms. The fraction of sp³-hybridized carbons (Fsp3) is 0.357. The maximum absolute atomic E-state index is 12.9. The molecule has 3 N–H and O–H groups in total. The summed E-state index contributed by atoms with van der Waals surface area (Å²) in [5.74, 6) is -0.308. The van der Waals surface area contributed by atoms with Gasteiger partial charge in [-0.15, -0.1) is 11.3 Å². The smallest absolute Gasteiger partial charge is 0.372 e. The zero-order valence-electron chi connectivity index (χ0n) is 12.6. The molecule has 0 saturated heterocycles. The zero-order chi connectivity index (χ0) is 17.3. The number of thiophene rings is 1. The van der Waals surface area contributed by atoms with Crippen molar-refractivity contribution >= 4 is 28.1 Å². The molecule has 1 aliphatic rings. The number of halogens is 3. The first-order valence-corrected chi connectivity index (χ1v) is 7.90. The number of hydrogen-bond donors (Lipinski definition) is 3. The van der Waals surface area contributed by atoms with Gasteiger partial charge in [0.15, 0.2) is 0 Å². The van der Waals surface area contributed by atoms with Gasteiger partial charge in [-0.3, -0.25) is 0 Å². The maximum atomic E-state index is 12.9. The van der Waals surface area contributed by atoms with E-state index >= 15 is 0 Å². The average molecular weight is 354 g/mol. The molecule has 0 bridgehead atoms. The van der Waals surface area contributed by atoms with Crippen LogP contribution in [-0.4, -0.2) is 23.6 Å². The molecule has 3 rings (SSSR count). The van der Waals surface area contributed by atoms with E-state index in [1.54, 1.807) is 0 Å². The van der Waals surface area contributed by atoms with Gasteiger partial charge in [0, 0.05) is 24.7 Å². The number of rotatable bonds is 3. The number of alkyl halides is 3. The van der Waals surface area contributed by atoms with E-state index in [2.05, 4.69) is 32.0 Å². The molecule has 0 atom stereocenters. The Balaban J connectivity index is 1.95. The van der Waals surface area contributed by atoms with Gasteiger partial charge >= 0.3 is 6.18 Å². The number of aromatic nitrogens is 2. The molecular formula is C14H13F3N6S. The van der Waals surface area contributed by atoms with E-state index in [4.69, 9.17) is 0 Å². The highest BCUT2D eigenvalue weighted by Crippen LogP contribution is 2.37. The van der Waals surface area contributed by atoms with Gasteiger partial charge in [0.05, 0.1) is 5.56 Å². The standard InChI is InChI=1S/C14H13F3N6S/c1-19-11-9(14(15,16)17)5-21-13(22-11)23-12-8(4-18)7-2-3-20-6-10(7)24-12/h5,20H,2-3,6H2,1H3,(H2,19,21,22,23). The molecule has 0 aromatic carbocycles. The lowest BCUT2D eigenvalue weighted by Gasteiger charge is -2.12. The number of nitrogens with one attached hydrogen (secondary N) is 3. The van der Waals surface area contributed by atoms with Crippen molar-refractivity contribution < 1.29 is 13.2 Å². The third-order valence-electron chi connectivity index (χ3n) is 3.60. The highest BCUT2D eigenvalue weighted by atomic mass is 32.1. The van der Waals surface area contributed by atoms with Crippen LogP contribution in [0.2, 0.25) is 0 Å². The van der Waals surface area contributed by atoms with Crippen molar-refractivity contribution in [2.75, 3.05) is 24.2 Å². The van der Waals surface area contributed by atoms with Gasteiger partial charge in [0.2, 0.25) is 5.95 Å². The van der Waals surface area contributed by atoms with E-state index in [9.17, 15) is 18.4 Å². The first-order valence-electron chi connectivity index (χ1n) is 7.08. The van der Waals surface area contributed by atoms with Gasteiger partial charge in [-0.2, -0.15) is 23.4 Å². The van der Waals surface area contributed by atoms with E-state index in [1.807, 2.05) is 0 Å². The molecule has 0 amide bonds. The predicted molar refractivity (Wildman–Crippen MR) is 84.3 cm³/mol. The largest absolute Gasteiger partial charge is 0.421 e. The summed E-state index contributed by atoms with van der Waals surface area (Å²) in [6, 6.07) is 2.16. The average Bonchev–Trinajstić information content (AvgIpc) is 2.90. The topological polar surface area (TPSA) is 85.7 Å². The first-order chi connectivity index (χ1) is 11.4. The van der Waals surface area contributed by atoms with Crippen molar-refractivity contribution in [1.29, 1.82) is 5.26 Å². The Hall–Kier alpha value is -2.38. The van der Waals surface area contributed by atoms with E-state index in [0.29, 0.717) is 17.1 Å². The van der Waals surface area contributed by atoms with E-state index in [-0.39, 0.29) is 11.8 Å². The molecule has 0 fully saturated rings.